The summed E-state index contributed by atoms with van der Waals surface area (Å²) in [6, 6.07) is 5.39. The van der Waals surface area contributed by atoms with Crippen LogP contribution in [0.5, 0.6) is 0 Å². The van der Waals surface area contributed by atoms with Crippen LogP contribution >= 0.6 is 11.6 Å². The Hall–Kier alpha value is -2.72. The second-order valence-corrected chi connectivity index (χ2v) is 9.99. The van der Waals surface area contributed by atoms with Crippen LogP contribution in [0.1, 0.15) is 62.2 Å². The highest BCUT2D eigenvalue weighted by Crippen LogP contribution is 2.35. The van der Waals surface area contributed by atoms with E-state index in [0.29, 0.717) is 28.5 Å². The normalized spacial score (nSPS) is 13.2. The van der Waals surface area contributed by atoms with Crippen molar-refractivity contribution in [3.63, 3.8) is 0 Å². The van der Waals surface area contributed by atoms with Gasteiger partial charge in [-0.25, -0.2) is 22.8 Å². The number of pyridine rings is 1. The number of carbonyl (C=O) groups is 1. The van der Waals surface area contributed by atoms with E-state index in [9.17, 15) is 17.6 Å². The molecule has 33 heavy (non-hydrogen) atoms. The van der Waals surface area contributed by atoms with Gasteiger partial charge in [0.15, 0.2) is 16.7 Å². The number of rotatable bonds is 8. The van der Waals surface area contributed by atoms with Gasteiger partial charge in [-0.15, -0.1) is 0 Å². The number of hydrogen-bond acceptors (Lipinski definition) is 6. The van der Waals surface area contributed by atoms with Gasteiger partial charge in [-0.05, 0) is 36.6 Å². The second kappa shape index (κ2) is 11.4. The fourth-order valence-electron chi connectivity index (χ4n) is 3.21. The molecule has 0 aliphatic heterocycles. The first-order valence-corrected chi connectivity index (χ1v) is 12.7. The van der Waals surface area contributed by atoms with E-state index in [0.717, 1.165) is 31.2 Å². The van der Waals surface area contributed by atoms with Crippen LogP contribution in [0.3, 0.4) is 0 Å². The molecule has 3 rings (SSSR count). The van der Waals surface area contributed by atoms with E-state index in [1.165, 1.54) is 24.4 Å². The third-order valence-corrected chi connectivity index (χ3v) is 6.38. The Balaban J connectivity index is 0.000000273. The molecule has 0 radical (unpaired) electrons. The summed E-state index contributed by atoms with van der Waals surface area (Å²) in [6.07, 6.45) is 5.41. The molecule has 0 aliphatic carbocycles. The van der Waals surface area contributed by atoms with Crippen LogP contribution in [0.25, 0.3) is 11.5 Å². The van der Waals surface area contributed by atoms with E-state index in [1.54, 1.807) is 6.07 Å². The van der Waals surface area contributed by atoms with Gasteiger partial charge in [-0.2, -0.15) is 0 Å². The summed E-state index contributed by atoms with van der Waals surface area (Å²) in [7, 11) is -3.39. The lowest BCUT2D eigenvalue weighted by Gasteiger charge is -2.21. The molecule has 2 atom stereocenters. The van der Waals surface area contributed by atoms with Crippen LogP contribution in [0.15, 0.2) is 40.0 Å². The third-order valence-electron chi connectivity index (χ3n) is 5.15. The van der Waals surface area contributed by atoms with Crippen molar-refractivity contribution in [2.24, 2.45) is 11.7 Å². The van der Waals surface area contributed by atoms with E-state index < -0.39 is 15.7 Å². The molecule has 0 bridgehead atoms. The van der Waals surface area contributed by atoms with Crippen LogP contribution in [-0.4, -0.2) is 35.5 Å². The Labute approximate surface area is 197 Å². The van der Waals surface area contributed by atoms with Crippen molar-refractivity contribution in [2.45, 2.75) is 51.0 Å². The maximum atomic E-state index is 12.9. The van der Waals surface area contributed by atoms with Crippen LogP contribution in [0, 0.1) is 11.7 Å². The number of primary amides is 1. The van der Waals surface area contributed by atoms with Crippen molar-refractivity contribution in [2.75, 3.05) is 6.26 Å². The average molecular weight is 499 g/mol. The van der Waals surface area contributed by atoms with Crippen molar-refractivity contribution in [3.05, 3.63) is 52.9 Å². The van der Waals surface area contributed by atoms with E-state index in [1.807, 2.05) is 0 Å². The molecule has 0 saturated heterocycles. The van der Waals surface area contributed by atoms with Crippen LogP contribution in [0.4, 0.5) is 4.39 Å². The molecule has 1 amide bonds. The number of halogens is 2. The standard InChI is InChI=1S/C16H21ClFN3.C6H7NO4S/c1-4-6-12(10(3)5-2)14-15(17)21-16(20-14)13-8-7-11(18)9-19-13;1-12(9,10)5-3-2-4(11-5)6(7)8/h7-10,12H,4-6H2,1-3H3,(H,20,21);2-3H,1H3,(H2,7,8)/t10-,12+;/m0./s1. The Morgan fingerprint density at radius 2 is 1.97 bits per heavy atom. The van der Waals surface area contributed by atoms with Gasteiger partial charge in [0, 0.05) is 12.2 Å². The zero-order valence-corrected chi connectivity index (χ0v) is 20.5. The van der Waals surface area contributed by atoms with Crippen molar-refractivity contribution >= 4 is 27.3 Å². The van der Waals surface area contributed by atoms with Gasteiger partial charge in [-0.3, -0.25) is 4.79 Å². The molecule has 0 spiro atoms. The molecule has 3 aromatic rings. The quantitative estimate of drug-likeness (QED) is 0.450. The first-order chi connectivity index (χ1) is 15.5. The van der Waals surface area contributed by atoms with Gasteiger partial charge >= 0.3 is 0 Å². The number of nitrogens with zero attached hydrogens (tertiary/aromatic N) is 2. The number of sulfone groups is 1. The van der Waals surface area contributed by atoms with Gasteiger partial charge in [0.2, 0.25) is 14.9 Å². The predicted octanol–water partition coefficient (Wildman–Crippen LogP) is 4.98. The number of carbonyl (C=O) groups excluding carboxylic acids is 1. The Bertz CT molecular complexity index is 1180. The molecule has 0 saturated carbocycles. The lowest BCUT2D eigenvalue weighted by atomic mass is 9.86. The zero-order valence-electron chi connectivity index (χ0n) is 18.9. The van der Waals surface area contributed by atoms with Crippen LogP contribution in [0.2, 0.25) is 5.15 Å². The average Bonchev–Trinajstić information content (AvgIpc) is 3.40. The number of aromatic amines is 1. The highest BCUT2D eigenvalue weighted by Gasteiger charge is 2.23. The van der Waals surface area contributed by atoms with Crippen LogP contribution in [-0.2, 0) is 9.84 Å². The SMILES string of the molecule is CCC[C@@H](c1[nH]c(-c2ccc(F)cn2)nc1Cl)[C@@H](C)CC.CS(=O)(=O)c1ccc(C(N)=O)o1. The lowest BCUT2D eigenvalue weighted by molar-refractivity contribution is 0.0969. The molecular formula is C22H28ClFN4O4S. The summed E-state index contributed by atoms with van der Waals surface area (Å²) in [4.78, 5) is 22.2. The number of furan rings is 1. The largest absolute Gasteiger partial charge is 0.440 e. The van der Waals surface area contributed by atoms with Crippen molar-refractivity contribution in [3.8, 4) is 11.5 Å². The first kappa shape index (κ1) is 26.5. The number of imidazole rings is 1. The number of H-pyrrole nitrogens is 1. The molecule has 3 N–H and O–H groups in total. The number of nitrogens with two attached hydrogens (primary N) is 1. The van der Waals surface area contributed by atoms with E-state index in [-0.39, 0.29) is 16.7 Å². The summed E-state index contributed by atoms with van der Waals surface area (Å²) in [6.45, 7) is 6.58. The van der Waals surface area contributed by atoms with Gasteiger partial charge in [0.25, 0.3) is 5.91 Å². The first-order valence-electron chi connectivity index (χ1n) is 10.4. The topological polar surface area (TPSA) is 132 Å². The predicted molar refractivity (Wildman–Crippen MR) is 124 cm³/mol. The zero-order chi connectivity index (χ0) is 24.8. The molecule has 180 valence electrons. The van der Waals surface area contributed by atoms with Gasteiger partial charge in [-0.1, -0.05) is 45.2 Å². The number of nitrogens with one attached hydrogen (secondary N) is 1. The maximum Gasteiger partial charge on any atom is 0.284 e. The summed E-state index contributed by atoms with van der Waals surface area (Å²) in [5, 5.41) is 0.242. The van der Waals surface area contributed by atoms with Gasteiger partial charge in [0.1, 0.15) is 11.5 Å². The van der Waals surface area contributed by atoms with Gasteiger partial charge in [0.05, 0.1) is 11.9 Å². The van der Waals surface area contributed by atoms with Crippen molar-refractivity contribution in [1.29, 1.82) is 0 Å². The summed E-state index contributed by atoms with van der Waals surface area (Å²) >= 11 is 6.31. The summed E-state index contributed by atoms with van der Waals surface area (Å²) < 4.78 is 39.2. The Morgan fingerprint density at radius 1 is 1.27 bits per heavy atom. The monoisotopic (exact) mass is 498 g/mol. The lowest BCUT2D eigenvalue weighted by Crippen LogP contribution is -2.10. The molecule has 0 fully saturated rings. The fourth-order valence-corrected chi connectivity index (χ4v) is 4.04. The molecular weight excluding hydrogens is 471 g/mol. The Morgan fingerprint density at radius 3 is 2.42 bits per heavy atom. The van der Waals surface area contributed by atoms with E-state index in [2.05, 4.69) is 40.1 Å². The minimum atomic E-state index is -3.39. The van der Waals surface area contributed by atoms with E-state index >= 15 is 0 Å². The van der Waals surface area contributed by atoms with Gasteiger partial charge < -0.3 is 15.1 Å². The number of amides is 1. The van der Waals surface area contributed by atoms with Crippen molar-refractivity contribution < 1.29 is 22.0 Å². The van der Waals surface area contributed by atoms with Crippen molar-refractivity contribution in [1.82, 2.24) is 15.0 Å². The highest BCUT2D eigenvalue weighted by atomic mass is 35.5. The minimum Gasteiger partial charge on any atom is -0.440 e. The molecule has 0 aliphatic rings. The molecule has 3 aromatic heterocycles. The fraction of sp³-hybridized carbons (Fsp3) is 0.409. The molecule has 8 nitrogen and oxygen atoms in total. The maximum absolute atomic E-state index is 12.9. The molecule has 0 aromatic carbocycles. The highest BCUT2D eigenvalue weighted by molar-refractivity contribution is 7.90. The number of hydrogen-bond donors (Lipinski definition) is 2. The minimum absolute atomic E-state index is 0.157. The third kappa shape index (κ3) is 7.13. The number of aromatic nitrogens is 3. The van der Waals surface area contributed by atoms with Crippen LogP contribution < -0.4 is 5.73 Å². The summed E-state index contributed by atoms with van der Waals surface area (Å²) in [5.41, 5.74) is 6.41. The Kier molecular flexibility index (Phi) is 9.18. The molecule has 0 unspecified atom stereocenters. The second-order valence-electron chi connectivity index (χ2n) is 7.69. The van der Waals surface area contributed by atoms with E-state index in [4.69, 9.17) is 17.3 Å². The molecule has 11 heteroatoms. The summed E-state index contributed by atoms with van der Waals surface area (Å²) in [5.74, 6) is 0.172. The molecule has 3 heterocycles. The smallest absolute Gasteiger partial charge is 0.284 e.